The second-order valence-electron chi connectivity index (χ2n) is 4.37. The number of aromatic nitrogens is 3. The smallest absolute Gasteiger partial charge is 0.132 e. The van der Waals surface area contributed by atoms with E-state index in [9.17, 15) is 5.11 Å². The van der Waals surface area contributed by atoms with Gasteiger partial charge in [-0.15, -0.1) is 5.10 Å². The molecule has 0 aliphatic carbocycles. The van der Waals surface area contributed by atoms with Crippen LogP contribution in [-0.4, -0.2) is 31.8 Å². The van der Waals surface area contributed by atoms with Crippen molar-refractivity contribution in [2.45, 2.75) is 33.1 Å². The highest BCUT2D eigenvalue weighted by Gasteiger charge is 2.12. The number of aryl methyl sites for hydroxylation is 1. The molecule has 20 heavy (non-hydrogen) atoms. The maximum atomic E-state index is 9.23. The van der Waals surface area contributed by atoms with E-state index in [4.69, 9.17) is 9.84 Å². The molecule has 1 aromatic heterocycles. The number of ether oxygens (including phenoxy) is 1. The molecular weight excluding hydrogens is 258 g/mol. The zero-order chi connectivity index (χ0) is 14.4. The summed E-state index contributed by atoms with van der Waals surface area (Å²) < 4.78 is 7.23. The van der Waals surface area contributed by atoms with Crippen LogP contribution >= 0.6 is 0 Å². The van der Waals surface area contributed by atoms with Gasteiger partial charge in [-0.05, 0) is 24.1 Å². The first kappa shape index (κ1) is 14.5. The van der Waals surface area contributed by atoms with Crippen molar-refractivity contribution < 1.29 is 14.9 Å². The Hall–Kier alpha value is -1.92. The van der Waals surface area contributed by atoms with E-state index in [-0.39, 0.29) is 19.8 Å². The molecule has 2 rings (SSSR count). The number of rotatable bonds is 7. The minimum absolute atomic E-state index is 0.0353. The molecule has 0 aliphatic rings. The Labute approximate surface area is 117 Å². The van der Waals surface area contributed by atoms with Crippen LogP contribution < -0.4 is 4.74 Å². The van der Waals surface area contributed by atoms with E-state index in [2.05, 4.69) is 17.2 Å². The van der Waals surface area contributed by atoms with Gasteiger partial charge < -0.3 is 14.9 Å². The summed E-state index contributed by atoms with van der Waals surface area (Å²) in [4.78, 5) is 0. The fourth-order valence-electron chi connectivity index (χ4n) is 1.90. The van der Waals surface area contributed by atoms with E-state index in [1.165, 1.54) is 5.56 Å². The lowest BCUT2D eigenvalue weighted by Gasteiger charge is -2.09. The van der Waals surface area contributed by atoms with Gasteiger partial charge in [0.05, 0.1) is 19.8 Å². The third kappa shape index (κ3) is 3.34. The third-order valence-corrected chi connectivity index (χ3v) is 3.09. The normalized spacial score (nSPS) is 10.8. The SMILES string of the molecule is CCc1ccc(OCc2c(CO)nnn2CCO)cc1. The van der Waals surface area contributed by atoms with Crippen molar-refractivity contribution in [1.82, 2.24) is 15.0 Å². The standard InChI is InChI=1S/C14H19N3O3/c1-2-11-3-5-12(6-4-11)20-10-14-13(9-19)15-16-17(14)7-8-18/h3-6,18-19H,2,7-10H2,1H3. The Kier molecular flexibility index (Phi) is 5.09. The van der Waals surface area contributed by atoms with Crippen LogP contribution in [0.4, 0.5) is 0 Å². The van der Waals surface area contributed by atoms with Crippen LogP contribution in [0, 0.1) is 0 Å². The first-order valence-corrected chi connectivity index (χ1v) is 6.63. The molecule has 108 valence electrons. The highest BCUT2D eigenvalue weighted by molar-refractivity contribution is 5.27. The zero-order valence-electron chi connectivity index (χ0n) is 11.5. The van der Waals surface area contributed by atoms with Gasteiger partial charge in [-0.3, -0.25) is 0 Å². The molecule has 6 heteroatoms. The summed E-state index contributed by atoms with van der Waals surface area (Å²) in [5.41, 5.74) is 2.41. The van der Waals surface area contributed by atoms with Gasteiger partial charge in [0.2, 0.25) is 0 Å². The molecule has 0 spiro atoms. The molecule has 0 saturated carbocycles. The molecule has 0 saturated heterocycles. The fraction of sp³-hybridized carbons (Fsp3) is 0.429. The van der Waals surface area contributed by atoms with E-state index in [1.54, 1.807) is 4.68 Å². The fourth-order valence-corrected chi connectivity index (χ4v) is 1.90. The Morgan fingerprint density at radius 3 is 2.55 bits per heavy atom. The van der Waals surface area contributed by atoms with Crippen molar-refractivity contribution in [1.29, 1.82) is 0 Å². The summed E-state index contributed by atoms with van der Waals surface area (Å²) in [5, 5.41) is 26.0. The average molecular weight is 277 g/mol. The van der Waals surface area contributed by atoms with E-state index in [0.717, 1.165) is 12.2 Å². The molecule has 2 N–H and O–H groups in total. The summed E-state index contributed by atoms with van der Waals surface area (Å²) in [5.74, 6) is 0.753. The van der Waals surface area contributed by atoms with Crippen LogP contribution in [0.25, 0.3) is 0 Å². The molecular formula is C14H19N3O3. The number of hydrogen-bond donors (Lipinski definition) is 2. The van der Waals surface area contributed by atoms with Gasteiger partial charge in [-0.2, -0.15) is 0 Å². The highest BCUT2D eigenvalue weighted by atomic mass is 16.5. The Balaban J connectivity index is 2.06. The summed E-state index contributed by atoms with van der Waals surface area (Å²) in [6, 6.07) is 7.87. The van der Waals surface area contributed by atoms with Gasteiger partial charge in [0.25, 0.3) is 0 Å². The summed E-state index contributed by atoms with van der Waals surface area (Å²) in [6.45, 7) is 2.46. The van der Waals surface area contributed by atoms with Crippen molar-refractivity contribution in [3.05, 3.63) is 41.2 Å². The van der Waals surface area contributed by atoms with E-state index in [0.29, 0.717) is 17.9 Å². The molecule has 0 fully saturated rings. The van der Waals surface area contributed by atoms with Gasteiger partial charge in [0.1, 0.15) is 23.7 Å². The van der Waals surface area contributed by atoms with Crippen molar-refractivity contribution >= 4 is 0 Å². The van der Waals surface area contributed by atoms with E-state index < -0.39 is 0 Å². The molecule has 0 atom stereocenters. The van der Waals surface area contributed by atoms with Crippen LogP contribution in [0.5, 0.6) is 5.75 Å². The number of hydrogen-bond acceptors (Lipinski definition) is 5. The largest absolute Gasteiger partial charge is 0.487 e. The number of nitrogens with zero attached hydrogens (tertiary/aromatic N) is 3. The van der Waals surface area contributed by atoms with Crippen LogP contribution in [-0.2, 0) is 26.2 Å². The second kappa shape index (κ2) is 7.02. The Morgan fingerprint density at radius 2 is 1.95 bits per heavy atom. The summed E-state index contributed by atoms with van der Waals surface area (Å²) in [7, 11) is 0. The molecule has 0 radical (unpaired) electrons. The Morgan fingerprint density at radius 1 is 1.20 bits per heavy atom. The molecule has 2 aromatic rings. The molecule has 1 heterocycles. The Bertz CT molecular complexity index is 537. The van der Waals surface area contributed by atoms with Gasteiger partial charge in [-0.25, -0.2) is 4.68 Å². The van der Waals surface area contributed by atoms with Crippen LogP contribution in [0.15, 0.2) is 24.3 Å². The lowest BCUT2D eigenvalue weighted by molar-refractivity contribution is 0.246. The molecule has 1 aromatic carbocycles. The second-order valence-corrected chi connectivity index (χ2v) is 4.37. The lowest BCUT2D eigenvalue weighted by atomic mass is 10.2. The maximum Gasteiger partial charge on any atom is 0.132 e. The van der Waals surface area contributed by atoms with E-state index in [1.807, 2.05) is 24.3 Å². The molecule has 0 bridgehead atoms. The van der Waals surface area contributed by atoms with Crippen LogP contribution in [0.2, 0.25) is 0 Å². The van der Waals surface area contributed by atoms with Crippen molar-refractivity contribution in [3.8, 4) is 5.75 Å². The third-order valence-electron chi connectivity index (χ3n) is 3.09. The first-order valence-electron chi connectivity index (χ1n) is 6.63. The minimum Gasteiger partial charge on any atom is -0.487 e. The summed E-state index contributed by atoms with van der Waals surface area (Å²) in [6.07, 6.45) is 0.988. The van der Waals surface area contributed by atoms with Crippen molar-refractivity contribution in [3.63, 3.8) is 0 Å². The summed E-state index contributed by atoms with van der Waals surface area (Å²) >= 11 is 0. The van der Waals surface area contributed by atoms with Gasteiger partial charge in [0, 0.05) is 0 Å². The topological polar surface area (TPSA) is 80.4 Å². The molecule has 0 aliphatic heterocycles. The molecule has 6 nitrogen and oxygen atoms in total. The average Bonchev–Trinajstić information content (AvgIpc) is 2.88. The van der Waals surface area contributed by atoms with Crippen LogP contribution in [0.3, 0.4) is 0 Å². The van der Waals surface area contributed by atoms with Crippen molar-refractivity contribution in [2.24, 2.45) is 0 Å². The van der Waals surface area contributed by atoms with Crippen molar-refractivity contribution in [2.75, 3.05) is 6.61 Å². The predicted octanol–water partition coefficient (Wildman–Crippen LogP) is 0.904. The lowest BCUT2D eigenvalue weighted by Crippen LogP contribution is -2.11. The highest BCUT2D eigenvalue weighted by Crippen LogP contribution is 2.15. The monoisotopic (exact) mass is 277 g/mol. The zero-order valence-corrected chi connectivity index (χ0v) is 11.5. The van der Waals surface area contributed by atoms with Gasteiger partial charge >= 0.3 is 0 Å². The number of aliphatic hydroxyl groups excluding tert-OH is 2. The number of benzene rings is 1. The maximum absolute atomic E-state index is 9.23. The van der Waals surface area contributed by atoms with Gasteiger partial charge in [-0.1, -0.05) is 24.3 Å². The van der Waals surface area contributed by atoms with E-state index >= 15 is 0 Å². The van der Waals surface area contributed by atoms with Crippen LogP contribution in [0.1, 0.15) is 23.9 Å². The predicted molar refractivity (Wildman–Crippen MR) is 73.2 cm³/mol. The number of aliphatic hydroxyl groups is 2. The quantitative estimate of drug-likeness (QED) is 0.786. The molecule has 0 unspecified atom stereocenters. The van der Waals surface area contributed by atoms with Gasteiger partial charge in [0.15, 0.2) is 0 Å². The minimum atomic E-state index is -0.196. The first-order chi connectivity index (χ1) is 9.78. The molecule has 0 amide bonds.